The van der Waals surface area contributed by atoms with Crippen LogP contribution in [0.5, 0.6) is 0 Å². The Morgan fingerprint density at radius 3 is 2.30 bits per heavy atom. The van der Waals surface area contributed by atoms with Crippen LogP contribution in [-0.4, -0.2) is 17.9 Å². The summed E-state index contributed by atoms with van der Waals surface area (Å²) in [5.74, 6) is 0.00299. The number of nitrogens with two attached hydrogens (primary N) is 1. The third-order valence-electron chi connectivity index (χ3n) is 3.50. The van der Waals surface area contributed by atoms with Gasteiger partial charge in [0.1, 0.15) is 0 Å². The minimum atomic E-state index is 0.00299. The Labute approximate surface area is 120 Å². The molecular formula is C17H20N2O. The second kappa shape index (κ2) is 5.78. The molecule has 0 unspecified atom stereocenters. The van der Waals surface area contributed by atoms with Gasteiger partial charge >= 0.3 is 0 Å². The number of rotatable bonds is 3. The van der Waals surface area contributed by atoms with E-state index in [-0.39, 0.29) is 5.91 Å². The van der Waals surface area contributed by atoms with E-state index < -0.39 is 0 Å². The van der Waals surface area contributed by atoms with Crippen molar-refractivity contribution in [2.75, 3.05) is 12.8 Å². The van der Waals surface area contributed by atoms with Gasteiger partial charge in [0.15, 0.2) is 0 Å². The normalized spacial score (nSPS) is 10.3. The Bertz CT molecular complexity index is 617. The topological polar surface area (TPSA) is 46.3 Å². The molecule has 0 saturated heterocycles. The van der Waals surface area contributed by atoms with Crippen molar-refractivity contribution >= 4 is 11.6 Å². The summed E-state index contributed by atoms with van der Waals surface area (Å²) < 4.78 is 0. The highest BCUT2D eigenvalue weighted by atomic mass is 16.2. The van der Waals surface area contributed by atoms with E-state index in [9.17, 15) is 4.79 Å². The molecule has 2 aromatic carbocycles. The van der Waals surface area contributed by atoms with Crippen LogP contribution in [0.1, 0.15) is 27.0 Å². The Morgan fingerprint density at radius 1 is 1.05 bits per heavy atom. The lowest BCUT2D eigenvalue weighted by Gasteiger charge is -2.18. The molecule has 3 nitrogen and oxygen atoms in total. The summed E-state index contributed by atoms with van der Waals surface area (Å²) >= 11 is 0. The van der Waals surface area contributed by atoms with Gasteiger partial charge in [-0.25, -0.2) is 0 Å². The maximum Gasteiger partial charge on any atom is 0.253 e. The second-order valence-corrected chi connectivity index (χ2v) is 5.20. The van der Waals surface area contributed by atoms with Crippen LogP contribution in [0.15, 0.2) is 42.5 Å². The first kappa shape index (κ1) is 14.1. The molecule has 2 N–H and O–H groups in total. The molecule has 0 aromatic heterocycles. The third kappa shape index (κ3) is 3.18. The van der Waals surface area contributed by atoms with Crippen LogP contribution in [0.4, 0.5) is 5.69 Å². The zero-order valence-corrected chi connectivity index (χ0v) is 12.2. The Balaban J connectivity index is 2.11. The van der Waals surface area contributed by atoms with Crippen LogP contribution in [-0.2, 0) is 6.54 Å². The molecule has 1 amide bonds. The van der Waals surface area contributed by atoms with Crippen molar-refractivity contribution in [2.24, 2.45) is 0 Å². The zero-order valence-electron chi connectivity index (χ0n) is 12.2. The first-order valence-corrected chi connectivity index (χ1v) is 6.64. The van der Waals surface area contributed by atoms with Gasteiger partial charge in [0.05, 0.1) is 0 Å². The first-order valence-electron chi connectivity index (χ1n) is 6.64. The molecule has 0 radical (unpaired) electrons. The highest BCUT2D eigenvalue weighted by Gasteiger charge is 2.12. The van der Waals surface area contributed by atoms with Crippen LogP contribution in [0.3, 0.4) is 0 Å². The fraction of sp³-hybridized carbons (Fsp3) is 0.235. The molecule has 104 valence electrons. The van der Waals surface area contributed by atoms with Gasteiger partial charge in [-0.05, 0) is 54.8 Å². The number of nitrogen functional groups attached to an aromatic ring is 1. The summed E-state index contributed by atoms with van der Waals surface area (Å²) in [5.41, 5.74) is 10.6. The molecule has 0 fully saturated rings. The number of carbonyl (C=O) groups excluding carboxylic acids is 1. The predicted octanol–water partition coefficient (Wildman–Crippen LogP) is 3.16. The van der Waals surface area contributed by atoms with E-state index in [0.29, 0.717) is 17.8 Å². The SMILES string of the molecule is Cc1ccc(CN(C)C(=O)c2ccc(N)cc2)cc1C. The van der Waals surface area contributed by atoms with Crippen molar-refractivity contribution in [3.63, 3.8) is 0 Å². The quantitative estimate of drug-likeness (QED) is 0.869. The Morgan fingerprint density at radius 2 is 1.70 bits per heavy atom. The van der Waals surface area contributed by atoms with Crippen molar-refractivity contribution in [2.45, 2.75) is 20.4 Å². The molecule has 2 aromatic rings. The number of amides is 1. The number of anilines is 1. The van der Waals surface area contributed by atoms with Gasteiger partial charge in [0.2, 0.25) is 0 Å². The smallest absolute Gasteiger partial charge is 0.253 e. The lowest BCUT2D eigenvalue weighted by molar-refractivity contribution is 0.0785. The Kier molecular flexibility index (Phi) is 4.08. The monoisotopic (exact) mass is 268 g/mol. The van der Waals surface area contributed by atoms with E-state index in [0.717, 1.165) is 5.56 Å². The highest BCUT2D eigenvalue weighted by Crippen LogP contribution is 2.13. The fourth-order valence-electron chi connectivity index (χ4n) is 2.09. The van der Waals surface area contributed by atoms with E-state index in [2.05, 4.69) is 32.0 Å². The summed E-state index contributed by atoms with van der Waals surface area (Å²) in [6.07, 6.45) is 0. The maximum atomic E-state index is 12.3. The van der Waals surface area contributed by atoms with Crippen LogP contribution in [0.2, 0.25) is 0 Å². The van der Waals surface area contributed by atoms with Gasteiger partial charge in [0, 0.05) is 24.8 Å². The van der Waals surface area contributed by atoms with E-state index in [1.807, 2.05) is 7.05 Å². The van der Waals surface area contributed by atoms with Crippen LogP contribution in [0.25, 0.3) is 0 Å². The number of carbonyl (C=O) groups is 1. The van der Waals surface area contributed by atoms with Crippen molar-refractivity contribution in [1.82, 2.24) is 4.90 Å². The van der Waals surface area contributed by atoms with E-state index in [4.69, 9.17) is 5.73 Å². The van der Waals surface area contributed by atoms with Crippen LogP contribution < -0.4 is 5.73 Å². The van der Waals surface area contributed by atoms with E-state index in [1.165, 1.54) is 11.1 Å². The number of benzene rings is 2. The number of aryl methyl sites for hydroxylation is 2. The summed E-state index contributed by atoms with van der Waals surface area (Å²) in [6.45, 7) is 4.77. The van der Waals surface area contributed by atoms with E-state index in [1.54, 1.807) is 29.2 Å². The molecular weight excluding hydrogens is 248 g/mol. The number of nitrogens with zero attached hydrogens (tertiary/aromatic N) is 1. The maximum absolute atomic E-state index is 12.3. The summed E-state index contributed by atoms with van der Waals surface area (Å²) in [6, 6.07) is 13.3. The minimum absolute atomic E-state index is 0.00299. The van der Waals surface area contributed by atoms with Gasteiger partial charge < -0.3 is 10.6 Å². The van der Waals surface area contributed by atoms with Crippen LogP contribution >= 0.6 is 0 Å². The molecule has 0 heterocycles. The summed E-state index contributed by atoms with van der Waals surface area (Å²) in [5, 5.41) is 0. The fourth-order valence-corrected chi connectivity index (χ4v) is 2.09. The molecule has 0 bridgehead atoms. The first-order chi connectivity index (χ1) is 9.47. The molecule has 3 heteroatoms. The summed E-state index contributed by atoms with van der Waals surface area (Å²) in [7, 11) is 1.81. The summed E-state index contributed by atoms with van der Waals surface area (Å²) in [4.78, 5) is 14.0. The molecule has 2 rings (SSSR count). The van der Waals surface area contributed by atoms with Gasteiger partial charge in [-0.15, -0.1) is 0 Å². The van der Waals surface area contributed by atoms with Gasteiger partial charge in [-0.3, -0.25) is 4.79 Å². The minimum Gasteiger partial charge on any atom is -0.399 e. The molecule has 0 aliphatic heterocycles. The van der Waals surface area contributed by atoms with Gasteiger partial charge in [-0.1, -0.05) is 18.2 Å². The van der Waals surface area contributed by atoms with Crippen molar-refractivity contribution in [3.8, 4) is 0 Å². The second-order valence-electron chi connectivity index (χ2n) is 5.20. The average Bonchev–Trinajstić information content (AvgIpc) is 2.43. The van der Waals surface area contributed by atoms with Gasteiger partial charge in [-0.2, -0.15) is 0 Å². The van der Waals surface area contributed by atoms with Crippen molar-refractivity contribution in [3.05, 3.63) is 64.7 Å². The molecule has 0 aliphatic rings. The third-order valence-corrected chi connectivity index (χ3v) is 3.50. The average molecular weight is 268 g/mol. The Hall–Kier alpha value is -2.29. The molecule has 0 atom stereocenters. The lowest BCUT2D eigenvalue weighted by atomic mass is 10.1. The molecule has 0 spiro atoms. The van der Waals surface area contributed by atoms with Crippen LogP contribution in [0, 0.1) is 13.8 Å². The predicted molar refractivity (Wildman–Crippen MR) is 82.6 cm³/mol. The van der Waals surface area contributed by atoms with Crippen molar-refractivity contribution in [1.29, 1.82) is 0 Å². The zero-order chi connectivity index (χ0) is 14.7. The highest BCUT2D eigenvalue weighted by molar-refractivity contribution is 5.94. The molecule has 0 saturated carbocycles. The number of hydrogen-bond donors (Lipinski definition) is 1. The van der Waals surface area contributed by atoms with Crippen molar-refractivity contribution < 1.29 is 4.79 Å². The molecule has 20 heavy (non-hydrogen) atoms. The molecule has 0 aliphatic carbocycles. The van der Waals surface area contributed by atoms with Gasteiger partial charge in [0.25, 0.3) is 5.91 Å². The largest absolute Gasteiger partial charge is 0.399 e. The lowest BCUT2D eigenvalue weighted by Crippen LogP contribution is -2.26. The standard InChI is InChI=1S/C17H20N2O/c1-12-4-5-14(10-13(12)2)11-19(3)17(20)15-6-8-16(18)9-7-15/h4-10H,11,18H2,1-3H3. The van der Waals surface area contributed by atoms with E-state index >= 15 is 0 Å². The number of hydrogen-bond acceptors (Lipinski definition) is 2.